The van der Waals surface area contributed by atoms with E-state index in [2.05, 4.69) is 15.8 Å². The van der Waals surface area contributed by atoms with E-state index < -0.39 is 22.5 Å². The molecule has 2 N–H and O–H groups in total. The van der Waals surface area contributed by atoms with Gasteiger partial charge in [0.25, 0.3) is 11.8 Å². The second kappa shape index (κ2) is 14.5. The van der Waals surface area contributed by atoms with Crippen molar-refractivity contribution in [3.8, 4) is 23.0 Å². The summed E-state index contributed by atoms with van der Waals surface area (Å²) < 4.78 is 42.3. The van der Waals surface area contributed by atoms with Crippen LogP contribution in [0.3, 0.4) is 0 Å². The normalized spacial score (nSPS) is 11.0. The van der Waals surface area contributed by atoms with Gasteiger partial charge in [-0.1, -0.05) is 30.3 Å². The van der Waals surface area contributed by atoms with Crippen LogP contribution in [0.1, 0.15) is 5.56 Å². The van der Waals surface area contributed by atoms with Gasteiger partial charge in [0.15, 0.2) is 6.61 Å². The summed E-state index contributed by atoms with van der Waals surface area (Å²) in [5.41, 5.74) is 3.82. The van der Waals surface area contributed by atoms with Crippen LogP contribution in [0.5, 0.6) is 23.0 Å². The van der Waals surface area contributed by atoms with Crippen LogP contribution in [0.15, 0.2) is 108 Å². The van der Waals surface area contributed by atoms with Crippen molar-refractivity contribution >= 4 is 39.4 Å². The SMILES string of the molecule is COc1ccccc1NC(=O)COc1ccc(/C=N\NC(=O)CN(c2ccc(Oc3ccccc3)cc2)S(C)(=O)=O)cc1. The number of para-hydroxylation sites is 3. The summed E-state index contributed by atoms with van der Waals surface area (Å²) in [6.07, 6.45) is 2.42. The highest BCUT2D eigenvalue weighted by atomic mass is 32.2. The van der Waals surface area contributed by atoms with Gasteiger partial charge in [-0.05, 0) is 78.4 Å². The predicted octanol–water partition coefficient (Wildman–Crippen LogP) is 4.42. The van der Waals surface area contributed by atoms with Crippen molar-refractivity contribution in [1.82, 2.24) is 5.43 Å². The molecule has 11 nitrogen and oxygen atoms in total. The Kier molecular flexibility index (Phi) is 10.3. The van der Waals surface area contributed by atoms with E-state index in [4.69, 9.17) is 14.2 Å². The van der Waals surface area contributed by atoms with Crippen molar-refractivity contribution in [2.75, 3.05) is 36.1 Å². The number of anilines is 2. The molecule has 4 aromatic rings. The van der Waals surface area contributed by atoms with Crippen molar-refractivity contribution in [3.05, 3.63) is 109 Å². The predicted molar refractivity (Wildman–Crippen MR) is 164 cm³/mol. The zero-order chi connectivity index (χ0) is 30.7. The lowest BCUT2D eigenvalue weighted by molar-refractivity contribution is -0.119. The third-order valence-electron chi connectivity index (χ3n) is 5.83. The number of carbonyl (C=O) groups excluding carboxylic acids is 2. The van der Waals surface area contributed by atoms with Gasteiger partial charge in [-0.15, -0.1) is 0 Å². The van der Waals surface area contributed by atoms with E-state index >= 15 is 0 Å². The number of nitrogens with zero attached hydrogens (tertiary/aromatic N) is 2. The van der Waals surface area contributed by atoms with Crippen molar-refractivity contribution in [3.63, 3.8) is 0 Å². The van der Waals surface area contributed by atoms with Gasteiger partial charge in [0, 0.05) is 0 Å². The summed E-state index contributed by atoms with van der Waals surface area (Å²) in [7, 11) is -2.25. The number of hydrogen-bond donors (Lipinski definition) is 2. The average Bonchev–Trinajstić information content (AvgIpc) is 3.00. The van der Waals surface area contributed by atoms with E-state index in [0.717, 1.165) is 10.6 Å². The molecule has 0 aliphatic carbocycles. The molecule has 0 bridgehead atoms. The monoisotopic (exact) mass is 602 g/mol. The van der Waals surface area contributed by atoms with Crippen LogP contribution >= 0.6 is 0 Å². The number of carbonyl (C=O) groups is 2. The first-order valence-electron chi connectivity index (χ1n) is 13.0. The molecule has 2 amide bonds. The van der Waals surface area contributed by atoms with Crippen LogP contribution in [-0.4, -0.2) is 53.0 Å². The summed E-state index contributed by atoms with van der Waals surface area (Å²) >= 11 is 0. The minimum atomic E-state index is -3.77. The number of methoxy groups -OCH3 is 1. The van der Waals surface area contributed by atoms with Gasteiger partial charge in [0.05, 0.1) is 31.0 Å². The van der Waals surface area contributed by atoms with Crippen molar-refractivity contribution in [1.29, 1.82) is 0 Å². The van der Waals surface area contributed by atoms with Crippen molar-refractivity contribution < 1.29 is 32.2 Å². The van der Waals surface area contributed by atoms with Crippen LogP contribution in [-0.2, 0) is 19.6 Å². The number of ether oxygens (including phenoxy) is 3. The van der Waals surface area contributed by atoms with Crippen molar-refractivity contribution in [2.45, 2.75) is 0 Å². The maximum Gasteiger partial charge on any atom is 0.262 e. The molecule has 0 unspecified atom stereocenters. The molecule has 222 valence electrons. The van der Waals surface area contributed by atoms with E-state index in [9.17, 15) is 18.0 Å². The second-order valence-electron chi connectivity index (χ2n) is 9.08. The van der Waals surface area contributed by atoms with Crippen LogP contribution in [0.25, 0.3) is 0 Å². The zero-order valence-corrected chi connectivity index (χ0v) is 24.3. The van der Waals surface area contributed by atoms with Crippen LogP contribution in [0.4, 0.5) is 11.4 Å². The van der Waals surface area contributed by atoms with Gasteiger partial charge >= 0.3 is 0 Å². The Hall–Kier alpha value is -5.36. The highest BCUT2D eigenvalue weighted by molar-refractivity contribution is 7.92. The lowest BCUT2D eigenvalue weighted by Gasteiger charge is -2.21. The Bertz CT molecular complexity index is 1660. The molecule has 0 radical (unpaired) electrons. The van der Waals surface area contributed by atoms with E-state index in [1.165, 1.54) is 13.3 Å². The fourth-order valence-corrected chi connectivity index (χ4v) is 4.64. The molecule has 0 aliphatic rings. The first-order chi connectivity index (χ1) is 20.7. The van der Waals surface area contributed by atoms with E-state index in [0.29, 0.717) is 39.9 Å². The Morgan fingerprint density at radius 1 is 0.814 bits per heavy atom. The minimum Gasteiger partial charge on any atom is -0.495 e. The van der Waals surface area contributed by atoms with Gasteiger partial charge in [-0.2, -0.15) is 5.10 Å². The van der Waals surface area contributed by atoms with Crippen LogP contribution in [0.2, 0.25) is 0 Å². The maximum atomic E-state index is 12.5. The number of hydrazone groups is 1. The molecule has 4 rings (SSSR count). The molecule has 0 aromatic heterocycles. The molecule has 0 saturated carbocycles. The molecule has 0 aliphatic heterocycles. The number of sulfonamides is 1. The van der Waals surface area contributed by atoms with E-state index in [-0.39, 0.29) is 12.5 Å². The smallest absolute Gasteiger partial charge is 0.262 e. The Morgan fingerprint density at radius 3 is 2.12 bits per heavy atom. The van der Waals surface area contributed by atoms with Crippen LogP contribution < -0.4 is 29.3 Å². The highest BCUT2D eigenvalue weighted by Crippen LogP contribution is 2.26. The number of amides is 2. The molecule has 0 atom stereocenters. The fraction of sp³-hybridized carbons (Fsp3) is 0.129. The van der Waals surface area contributed by atoms with Gasteiger partial charge in [0.1, 0.15) is 29.5 Å². The van der Waals surface area contributed by atoms with Gasteiger partial charge in [0.2, 0.25) is 10.0 Å². The summed E-state index contributed by atoms with van der Waals surface area (Å²) in [6, 6.07) is 29.2. The molecule has 43 heavy (non-hydrogen) atoms. The maximum absolute atomic E-state index is 12.5. The molecular formula is C31H30N4O7S. The van der Waals surface area contributed by atoms with E-state index in [1.807, 2.05) is 18.2 Å². The van der Waals surface area contributed by atoms with Gasteiger partial charge < -0.3 is 19.5 Å². The fourth-order valence-electron chi connectivity index (χ4n) is 3.78. The average molecular weight is 603 g/mol. The van der Waals surface area contributed by atoms with Gasteiger partial charge in [-0.25, -0.2) is 13.8 Å². The standard InChI is InChI=1S/C31H30N4O7S/c1-40-29-11-7-6-10-28(29)33-31(37)22-41-25-16-12-23(13-17-25)20-32-34-30(36)21-35(43(2,38)39)24-14-18-27(19-15-24)42-26-8-4-3-5-9-26/h3-20H,21-22H2,1-2H3,(H,33,37)(H,34,36)/b32-20-. The largest absolute Gasteiger partial charge is 0.495 e. The topological polar surface area (TPSA) is 136 Å². The number of nitrogens with one attached hydrogen (secondary N) is 2. The minimum absolute atomic E-state index is 0.207. The molecular weight excluding hydrogens is 572 g/mol. The second-order valence-corrected chi connectivity index (χ2v) is 11.0. The Labute approximate surface area is 249 Å². The van der Waals surface area contributed by atoms with Crippen molar-refractivity contribution in [2.24, 2.45) is 5.10 Å². The number of benzene rings is 4. The zero-order valence-electron chi connectivity index (χ0n) is 23.5. The lowest BCUT2D eigenvalue weighted by atomic mass is 10.2. The summed E-state index contributed by atoms with van der Waals surface area (Å²) in [5, 5.41) is 6.64. The summed E-state index contributed by atoms with van der Waals surface area (Å²) in [4.78, 5) is 24.8. The Morgan fingerprint density at radius 2 is 1.44 bits per heavy atom. The summed E-state index contributed by atoms with van der Waals surface area (Å²) in [5.74, 6) is 1.18. The van der Waals surface area contributed by atoms with Gasteiger partial charge in [-0.3, -0.25) is 13.9 Å². The highest BCUT2D eigenvalue weighted by Gasteiger charge is 2.21. The Balaban J connectivity index is 1.27. The molecule has 0 spiro atoms. The summed E-state index contributed by atoms with van der Waals surface area (Å²) in [6.45, 7) is -0.681. The van der Waals surface area contributed by atoms with E-state index in [1.54, 1.807) is 84.9 Å². The molecule has 0 heterocycles. The van der Waals surface area contributed by atoms with Crippen LogP contribution in [0, 0.1) is 0 Å². The third-order valence-corrected chi connectivity index (χ3v) is 6.97. The molecule has 12 heteroatoms. The number of hydrogen-bond acceptors (Lipinski definition) is 8. The molecule has 0 fully saturated rings. The first-order valence-corrected chi connectivity index (χ1v) is 14.8. The number of rotatable bonds is 13. The lowest BCUT2D eigenvalue weighted by Crippen LogP contribution is -2.38. The third kappa shape index (κ3) is 9.33. The molecule has 0 saturated heterocycles. The molecule has 4 aromatic carbocycles. The quantitative estimate of drug-likeness (QED) is 0.171. The first kappa shape index (κ1) is 30.6.